The summed E-state index contributed by atoms with van der Waals surface area (Å²) in [5.41, 5.74) is 1.73. The van der Waals surface area contributed by atoms with E-state index >= 15 is 0 Å². The molecule has 1 saturated heterocycles. The van der Waals surface area contributed by atoms with E-state index in [2.05, 4.69) is 10.3 Å². The highest BCUT2D eigenvalue weighted by molar-refractivity contribution is 5.79. The van der Waals surface area contributed by atoms with E-state index in [-0.39, 0.29) is 18.4 Å². The predicted octanol–water partition coefficient (Wildman–Crippen LogP) is 0.177. The van der Waals surface area contributed by atoms with Crippen LogP contribution in [0.3, 0.4) is 0 Å². The molecule has 74 valence electrons. The van der Waals surface area contributed by atoms with Gasteiger partial charge in [-0.1, -0.05) is 0 Å². The first kappa shape index (κ1) is 9.15. The summed E-state index contributed by atoms with van der Waals surface area (Å²) in [4.78, 5) is 15.2. The molecule has 1 amide bonds. The number of hydrogen-bond donors (Lipinski definition) is 2. The van der Waals surface area contributed by atoms with Crippen LogP contribution in [0.5, 0.6) is 0 Å². The number of hydrogen-bond acceptors (Lipinski definition) is 3. The van der Waals surface area contributed by atoms with Gasteiger partial charge in [-0.25, -0.2) is 0 Å². The monoisotopic (exact) mass is 192 g/mol. The van der Waals surface area contributed by atoms with E-state index in [0.717, 1.165) is 11.3 Å². The molecule has 2 N–H and O–H groups in total. The fourth-order valence-electron chi connectivity index (χ4n) is 1.63. The molecule has 0 aliphatic carbocycles. The maximum atomic E-state index is 11.0. The van der Waals surface area contributed by atoms with Crippen molar-refractivity contribution in [2.45, 2.75) is 18.9 Å². The molecule has 0 saturated carbocycles. The van der Waals surface area contributed by atoms with Crippen molar-refractivity contribution in [1.29, 1.82) is 0 Å². The Morgan fingerprint density at radius 3 is 3.14 bits per heavy atom. The largest absolute Gasteiger partial charge is 0.392 e. The minimum Gasteiger partial charge on any atom is -0.392 e. The standard InChI is InChI=1S/C10H12N2O2/c13-6-7-1-2-11-9(3-7)8-4-10(14)12-5-8/h1-3,8,13H,4-6H2,(H,12,14). The Balaban J connectivity index is 2.19. The second-order valence-corrected chi connectivity index (χ2v) is 3.45. The lowest BCUT2D eigenvalue weighted by Gasteiger charge is -2.07. The molecule has 14 heavy (non-hydrogen) atoms. The second kappa shape index (κ2) is 3.75. The van der Waals surface area contributed by atoms with Crippen molar-refractivity contribution in [3.63, 3.8) is 0 Å². The third-order valence-corrected chi connectivity index (χ3v) is 2.42. The summed E-state index contributed by atoms with van der Waals surface area (Å²) in [6, 6.07) is 3.62. The molecule has 1 atom stereocenters. The van der Waals surface area contributed by atoms with Crippen LogP contribution in [0, 0.1) is 0 Å². The van der Waals surface area contributed by atoms with Crippen LogP contribution in [0.15, 0.2) is 18.3 Å². The Hall–Kier alpha value is -1.42. The van der Waals surface area contributed by atoms with Crippen molar-refractivity contribution in [3.8, 4) is 0 Å². The van der Waals surface area contributed by atoms with E-state index < -0.39 is 0 Å². The summed E-state index contributed by atoms with van der Waals surface area (Å²) in [6.45, 7) is 0.671. The number of pyridine rings is 1. The second-order valence-electron chi connectivity index (χ2n) is 3.45. The van der Waals surface area contributed by atoms with Crippen LogP contribution in [0.1, 0.15) is 23.6 Å². The Kier molecular flexibility index (Phi) is 2.45. The number of aromatic nitrogens is 1. The summed E-state index contributed by atoms with van der Waals surface area (Å²) >= 11 is 0. The molecule has 0 aromatic carbocycles. The Morgan fingerprint density at radius 1 is 1.64 bits per heavy atom. The van der Waals surface area contributed by atoms with E-state index in [1.54, 1.807) is 12.3 Å². The third-order valence-electron chi connectivity index (χ3n) is 2.42. The summed E-state index contributed by atoms with van der Waals surface area (Å²) in [5.74, 6) is 0.236. The molecule has 2 heterocycles. The van der Waals surface area contributed by atoms with Crippen molar-refractivity contribution in [1.82, 2.24) is 10.3 Å². The van der Waals surface area contributed by atoms with Crippen LogP contribution in [0.25, 0.3) is 0 Å². The molecule has 1 fully saturated rings. The zero-order valence-electron chi connectivity index (χ0n) is 7.73. The molecule has 0 radical (unpaired) electrons. The minimum absolute atomic E-state index is 0.0175. The van der Waals surface area contributed by atoms with Crippen LogP contribution >= 0.6 is 0 Å². The zero-order chi connectivity index (χ0) is 9.97. The molecule has 1 aromatic heterocycles. The number of nitrogens with zero attached hydrogens (tertiary/aromatic N) is 1. The highest BCUT2D eigenvalue weighted by atomic mass is 16.3. The highest BCUT2D eigenvalue weighted by Gasteiger charge is 2.23. The van der Waals surface area contributed by atoms with Gasteiger partial charge in [0.1, 0.15) is 0 Å². The number of aliphatic hydroxyl groups is 1. The van der Waals surface area contributed by atoms with Gasteiger partial charge in [-0.15, -0.1) is 0 Å². The third kappa shape index (κ3) is 1.75. The van der Waals surface area contributed by atoms with Crippen molar-refractivity contribution in [3.05, 3.63) is 29.6 Å². The molecule has 0 spiro atoms. The molecular formula is C10H12N2O2. The average Bonchev–Trinajstić information content (AvgIpc) is 2.65. The maximum Gasteiger partial charge on any atom is 0.220 e. The van der Waals surface area contributed by atoms with Crippen molar-refractivity contribution in [2.24, 2.45) is 0 Å². The average molecular weight is 192 g/mol. The molecule has 4 heteroatoms. The maximum absolute atomic E-state index is 11.0. The van der Waals surface area contributed by atoms with Crippen LogP contribution in [0.4, 0.5) is 0 Å². The topological polar surface area (TPSA) is 62.2 Å². The first-order valence-electron chi connectivity index (χ1n) is 4.62. The van der Waals surface area contributed by atoms with Gasteiger partial charge in [0, 0.05) is 30.8 Å². The fraction of sp³-hybridized carbons (Fsp3) is 0.400. The Morgan fingerprint density at radius 2 is 2.50 bits per heavy atom. The van der Waals surface area contributed by atoms with Crippen LogP contribution < -0.4 is 5.32 Å². The minimum atomic E-state index is 0.0175. The van der Waals surface area contributed by atoms with Gasteiger partial charge >= 0.3 is 0 Å². The van der Waals surface area contributed by atoms with E-state index in [0.29, 0.717) is 13.0 Å². The van der Waals surface area contributed by atoms with Gasteiger partial charge in [-0.2, -0.15) is 0 Å². The molecule has 1 aliphatic rings. The number of carbonyl (C=O) groups excluding carboxylic acids is 1. The normalized spacial score (nSPS) is 20.9. The van der Waals surface area contributed by atoms with Gasteiger partial charge in [-0.3, -0.25) is 9.78 Å². The summed E-state index contributed by atoms with van der Waals surface area (Å²) in [7, 11) is 0. The molecule has 1 aliphatic heterocycles. The molecular weight excluding hydrogens is 180 g/mol. The van der Waals surface area contributed by atoms with Crippen molar-refractivity contribution in [2.75, 3.05) is 6.54 Å². The quantitative estimate of drug-likeness (QED) is 0.702. The van der Waals surface area contributed by atoms with Crippen molar-refractivity contribution >= 4 is 5.91 Å². The summed E-state index contributed by atoms with van der Waals surface area (Å²) < 4.78 is 0. The highest BCUT2D eigenvalue weighted by Crippen LogP contribution is 2.21. The molecule has 0 bridgehead atoms. The Labute approximate surface area is 82.0 Å². The van der Waals surface area contributed by atoms with E-state index in [4.69, 9.17) is 5.11 Å². The summed E-state index contributed by atoms with van der Waals surface area (Å²) in [5, 5.41) is 11.7. The van der Waals surface area contributed by atoms with Crippen LogP contribution in [0.2, 0.25) is 0 Å². The van der Waals surface area contributed by atoms with Gasteiger partial charge in [0.15, 0.2) is 0 Å². The zero-order valence-corrected chi connectivity index (χ0v) is 7.73. The fourth-order valence-corrected chi connectivity index (χ4v) is 1.63. The molecule has 4 nitrogen and oxygen atoms in total. The van der Waals surface area contributed by atoms with Gasteiger partial charge in [0.05, 0.1) is 6.61 Å². The van der Waals surface area contributed by atoms with E-state index in [1.807, 2.05) is 6.07 Å². The molecule has 1 aromatic rings. The summed E-state index contributed by atoms with van der Waals surface area (Å²) in [6.07, 6.45) is 2.17. The van der Waals surface area contributed by atoms with Crippen LogP contribution in [-0.2, 0) is 11.4 Å². The van der Waals surface area contributed by atoms with Crippen LogP contribution in [-0.4, -0.2) is 22.5 Å². The lowest BCUT2D eigenvalue weighted by Crippen LogP contribution is -2.13. The SMILES string of the molecule is O=C1CC(c2cc(CO)ccn2)CN1. The first-order chi connectivity index (χ1) is 6.79. The van der Waals surface area contributed by atoms with Gasteiger partial charge in [-0.05, 0) is 17.7 Å². The smallest absolute Gasteiger partial charge is 0.220 e. The first-order valence-corrected chi connectivity index (χ1v) is 4.62. The number of nitrogens with one attached hydrogen (secondary N) is 1. The Bertz CT molecular complexity index is 352. The predicted molar refractivity (Wildman–Crippen MR) is 50.5 cm³/mol. The van der Waals surface area contributed by atoms with Crippen molar-refractivity contribution < 1.29 is 9.90 Å². The lowest BCUT2D eigenvalue weighted by molar-refractivity contribution is -0.119. The number of rotatable bonds is 2. The van der Waals surface area contributed by atoms with Gasteiger partial charge in [0.2, 0.25) is 5.91 Å². The lowest BCUT2D eigenvalue weighted by atomic mass is 10.0. The van der Waals surface area contributed by atoms with Gasteiger partial charge < -0.3 is 10.4 Å². The number of amides is 1. The molecule has 2 rings (SSSR count). The molecule has 1 unspecified atom stereocenters. The van der Waals surface area contributed by atoms with E-state index in [1.165, 1.54) is 0 Å². The van der Waals surface area contributed by atoms with E-state index in [9.17, 15) is 4.79 Å². The van der Waals surface area contributed by atoms with Gasteiger partial charge in [0.25, 0.3) is 0 Å². The number of carbonyl (C=O) groups is 1. The number of aliphatic hydroxyl groups excluding tert-OH is 1.